The zero-order valence-corrected chi connectivity index (χ0v) is 13.7. The fourth-order valence-electron chi connectivity index (χ4n) is 7.07. The SMILES string of the molecule is C[C@]1(O)CC[C@H]2[C@@H]3CC[C@H]4C[C@H](O)CC[C@@H]4[C@H]3CC[C@@]21C. The van der Waals surface area contributed by atoms with Crippen LogP contribution in [-0.2, 0) is 0 Å². The van der Waals surface area contributed by atoms with Crippen LogP contribution in [0.1, 0.15) is 71.6 Å². The highest BCUT2D eigenvalue weighted by Crippen LogP contribution is 2.65. The number of aliphatic hydroxyl groups excluding tert-OH is 1. The van der Waals surface area contributed by atoms with Gasteiger partial charge in [0, 0.05) is 0 Å². The third-order valence-electron chi connectivity index (χ3n) is 8.49. The molecule has 0 amide bonds. The summed E-state index contributed by atoms with van der Waals surface area (Å²) in [6, 6.07) is 0. The molecule has 0 bridgehead atoms. The van der Waals surface area contributed by atoms with Crippen molar-refractivity contribution >= 4 is 0 Å². The molecule has 0 aromatic heterocycles. The molecule has 0 aromatic carbocycles. The average Bonchev–Trinajstić information content (AvgIpc) is 2.69. The van der Waals surface area contributed by atoms with Crippen LogP contribution < -0.4 is 0 Å². The minimum Gasteiger partial charge on any atom is -0.393 e. The molecule has 4 fully saturated rings. The lowest BCUT2D eigenvalue weighted by atomic mass is 9.49. The van der Waals surface area contributed by atoms with Gasteiger partial charge in [0.05, 0.1) is 11.7 Å². The van der Waals surface area contributed by atoms with Gasteiger partial charge in [-0.1, -0.05) is 6.92 Å². The Morgan fingerprint density at radius 3 is 2.38 bits per heavy atom. The van der Waals surface area contributed by atoms with Gasteiger partial charge in [0.25, 0.3) is 0 Å². The molecule has 8 atom stereocenters. The van der Waals surface area contributed by atoms with Gasteiger partial charge >= 0.3 is 0 Å². The van der Waals surface area contributed by atoms with Gasteiger partial charge < -0.3 is 10.2 Å². The van der Waals surface area contributed by atoms with E-state index in [4.69, 9.17) is 0 Å². The molecule has 120 valence electrons. The van der Waals surface area contributed by atoms with Crippen LogP contribution in [0, 0.1) is 35.0 Å². The van der Waals surface area contributed by atoms with Crippen molar-refractivity contribution in [1.82, 2.24) is 0 Å². The maximum atomic E-state index is 10.9. The lowest BCUT2D eigenvalue weighted by Crippen LogP contribution is -2.52. The van der Waals surface area contributed by atoms with Crippen LogP contribution in [0.5, 0.6) is 0 Å². The second-order valence-electron chi connectivity index (χ2n) is 9.17. The van der Waals surface area contributed by atoms with Crippen LogP contribution >= 0.6 is 0 Å². The van der Waals surface area contributed by atoms with E-state index in [2.05, 4.69) is 13.8 Å². The summed E-state index contributed by atoms with van der Waals surface area (Å²) in [5, 5.41) is 20.8. The predicted octanol–water partition coefficient (Wildman–Crippen LogP) is 3.75. The molecule has 4 saturated carbocycles. The molecule has 0 saturated heterocycles. The Kier molecular flexibility index (Phi) is 3.25. The molecule has 0 unspecified atom stereocenters. The Labute approximate surface area is 129 Å². The highest BCUT2D eigenvalue weighted by atomic mass is 16.3. The maximum absolute atomic E-state index is 10.9. The monoisotopic (exact) mass is 292 g/mol. The lowest BCUT2D eigenvalue weighted by Gasteiger charge is -2.57. The third kappa shape index (κ3) is 1.97. The number of rotatable bonds is 0. The van der Waals surface area contributed by atoms with E-state index in [1.807, 2.05) is 0 Å². The molecule has 4 aliphatic rings. The molecule has 2 heteroatoms. The first-order chi connectivity index (χ1) is 9.92. The molecule has 0 heterocycles. The van der Waals surface area contributed by atoms with E-state index in [1.165, 1.54) is 38.5 Å². The van der Waals surface area contributed by atoms with Gasteiger partial charge in [-0.2, -0.15) is 0 Å². The number of hydrogen-bond acceptors (Lipinski definition) is 2. The van der Waals surface area contributed by atoms with Crippen molar-refractivity contribution in [1.29, 1.82) is 0 Å². The van der Waals surface area contributed by atoms with Gasteiger partial charge in [0.1, 0.15) is 0 Å². The van der Waals surface area contributed by atoms with Crippen molar-refractivity contribution in [3.05, 3.63) is 0 Å². The quantitative estimate of drug-likeness (QED) is 0.714. The zero-order chi connectivity index (χ0) is 14.8. The smallest absolute Gasteiger partial charge is 0.0675 e. The Balaban J connectivity index is 1.58. The molecule has 2 nitrogen and oxygen atoms in total. The normalized spacial score (nSPS) is 60.0. The number of hydrogen-bond donors (Lipinski definition) is 2. The van der Waals surface area contributed by atoms with Gasteiger partial charge in [0.2, 0.25) is 0 Å². The Hall–Kier alpha value is -0.0800. The summed E-state index contributed by atoms with van der Waals surface area (Å²) in [6.07, 6.45) is 10.8. The number of fused-ring (bicyclic) bond motifs is 5. The molecule has 21 heavy (non-hydrogen) atoms. The second-order valence-corrected chi connectivity index (χ2v) is 9.17. The van der Waals surface area contributed by atoms with Crippen molar-refractivity contribution in [2.45, 2.75) is 83.3 Å². The standard InChI is InChI=1S/C19H32O2/c1-18-9-7-15-14-6-4-13(20)11-12(14)3-5-16(15)17(18)8-10-19(18,2)21/h12-17,20-21H,3-11H2,1-2H3/t12-,13+,14-,15+,16+,17-,18-,19-/m0/s1. The molecule has 0 radical (unpaired) electrons. The highest BCUT2D eigenvalue weighted by Gasteiger charge is 2.60. The first-order valence-electron chi connectivity index (χ1n) is 9.33. The van der Waals surface area contributed by atoms with E-state index in [1.54, 1.807) is 0 Å². The lowest BCUT2D eigenvalue weighted by molar-refractivity contribution is -0.125. The van der Waals surface area contributed by atoms with Crippen LogP contribution in [0.15, 0.2) is 0 Å². The first kappa shape index (κ1) is 14.5. The Morgan fingerprint density at radius 1 is 0.810 bits per heavy atom. The molecular weight excluding hydrogens is 260 g/mol. The van der Waals surface area contributed by atoms with Gasteiger partial charge in [0.15, 0.2) is 0 Å². The summed E-state index contributed by atoms with van der Waals surface area (Å²) in [4.78, 5) is 0. The van der Waals surface area contributed by atoms with Crippen LogP contribution in [0.25, 0.3) is 0 Å². The molecule has 4 aliphatic carbocycles. The van der Waals surface area contributed by atoms with Crippen molar-refractivity contribution in [2.24, 2.45) is 35.0 Å². The summed E-state index contributed by atoms with van der Waals surface area (Å²) >= 11 is 0. The summed E-state index contributed by atoms with van der Waals surface area (Å²) in [7, 11) is 0. The molecule has 0 spiro atoms. The highest BCUT2D eigenvalue weighted by molar-refractivity contribution is 5.10. The van der Waals surface area contributed by atoms with Crippen molar-refractivity contribution in [3.63, 3.8) is 0 Å². The van der Waals surface area contributed by atoms with Crippen LogP contribution in [-0.4, -0.2) is 21.9 Å². The number of aliphatic hydroxyl groups is 2. The fraction of sp³-hybridized carbons (Fsp3) is 1.00. The molecule has 4 rings (SSSR count). The van der Waals surface area contributed by atoms with Gasteiger partial charge in [-0.3, -0.25) is 0 Å². The minimum absolute atomic E-state index is 0.0242. The van der Waals surface area contributed by atoms with Crippen molar-refractivity contribution in [2.75, 3.05) is 0 Å². The molecular formula is C19H32O2. The second kappa shape index (κ2) is 4.71. The van der Waals surface area contributed by atoms with Crippen LogP contribution in [0.2, 0.25) is 0 Å². The summed E-state index contributed by atoms with van der Waals surface area (Å²) in [5.74, 6) is 4.17. The maximum Gasteiger partial charge on any atom is 0.0675 e. The van der Waals surface area contributed by atoms with Crippen LogP contribution in [0.3, 0.4) is 0 Å². The van der Waals surface area contributed by atoms with Crippen molar-refractivity contribution in [3.8, 4) is 0 Å². The van der Waals surface area contributed by atoms with Gasteiger partial charge in [-0.05, 0) is 99.7 Å². The molecule has 2 N–H and O–H groups in total. The Bertz CT molecular complexity index is 418. The van der Waals surface area contributed by atoms with Gasteiger partial charge in [-0.25, -0.2) is 0 Å². The fourth-order valence-corrected chi connectivity index (χ4v) is 7.07. The van der Waals surface area contributed by atoms with Gasteiger partial charge in [-0.15, -0.1) is 0 Å². The summed E-state index contributed by atoms with van der Waals surface area (Å²) in [6.45, 7) is 4.47. The van der Waals surface area contributed by atoms with E-state index < -0.39 is 5.60 Å². The van der Waals surface area contributed by atoms with E-state index in [-0.39, 0.29) is 11.5 Å². The summed E-state index contributed by atoms with van der Waals surface area (Å²) in [5.41, 5.74) is -0.280. The molecule has 0 aliphatic heterocycles. The Morgan fingerprint density at radius 2 is 1.57 bits per heavy atom. The largest absolute Gasteiger partial charge is 0.393 e. The summed E-state index contributed by atoms with van der Waals surface area (Å²) < 4.78 is 0. The van der Waals surface area contributed by atoms with Crippen molar-refractivity contribution < 1.29 is 10.2 Å². The average molecular weight is 292 g/mol. The van der Waals surface area contributed by atoms with E-state index in [9.17, 15) is 10.2 Å². The van der Waals surface area contributed by atoms with Crippen LogP contribution in [0.4, 0.5) is 0 Å². The van der Waals surface area contributed by atoms with E-state index in [0.717, 1.165) is 48.9 Å². The van der Waals surface area contributed by atoms with E-state index >= 15 is 0 Å². The predicted molar refractivity (Wildman–Crippen MR) is 83.7 cm³/mol. The zero-order valence-electron chi connectivity index (χ0n) is 13.7. The topological polar surface area (TPSA) is 40.5 Å². The van der Waals surface area contributed by atoms with E-state index in [0.29, 0.717) is 0 Å². The molecule has 0 aromatic rings. The minimum atomic E-state index is -0.442. The first-order valence-corrected chi connectivity index (χ1v) is 9.33. The third-order valence-corrected chi connectivity index (χ3v) is 8.49.